The number of benzene rings is 2. The number of aryl methyl sites for hydroxylation is 1. The second kappa shape index (κ2) is 9.03. The van der Waals surface area contributed by atoms with Crippen LogP contribution in [0, 0.1) is 6.92 Å². The van der Waals surface area contributed by atoms with Crippen molar-refractivity contribution in [1.29, 1.82) is 0 Å². The molecule has 1 aromatic heterocycles. The number of hydrogen-bond acceptors (Lipinski definition) is 5. The fourth-order valence-corrected chi connectivity index (χ4v) is 3.56. The number of fused-ring (bicyclic) bond motifs is 1. The molecule has 1 amide bonds. The number of ether oxygens (including phenoxy) is 1. The Morgan fingerprint density at radius 1 is 1.10 bits per heavy atom. The van der Waals surface area contributed by atoms with Gasteiger partial charge in [-0.25, -0.2) is 0 Å². The van der Waals surface area contributed by atoms with Crippen molar-refractivity contribution in [2.75, 3.05) is 44.7 Å². The maximum atomic E-state index is 12.6. The van der Waals surface area contributed by atoms with Gasteiger partial charge in [0.1, 0.15) is 0 Å². The van der Waals surface area contributed by atoms with Gasteiger partial charge < -0.3 is 15.4 Å². The van der Waals surface area contributed by atoms with Crippen LogP contribution in [0.1, 0.15) is 16.1 Å². The van der Waals surface area contributed by atoms with E-state index in [0.717, 1.165) is 60.8 Å². The minimum Gasteiger partial charge on any atom is -0.379 e. The van der Waals surface area contributed by atoms with E-state index in [-0.39, 0.29) is 5.91 Å². The smallest absolute Gasteiger partial charge is 0.251 e. The highest BCUT2D eigenvalue weighted by Gasteiger charge is 2.11. The lowest BCUT2D eigenvalue weighted by atomic mass is 10.1. The zero-order chi connectivity index (χ0) is 20.1. The standard InChI is InChI=1S/C23H26N4O2/c1-17-15-22(20-7-2-3-8-21(20)25-17)26-19-6-4-5-18(16-19)23(28)24-9-10-27-11-13-29-14-12-27/h2-8,15-16H,9-14H2,1H3,(H,24,28)(H,25,26). The Hall–Kier alpha value is -2.96. The van der Waals surface area contributed by atoms with E-state index in [1.807, 2.05) is 61.5 Å². The highest BCUT2D eigenvalue weighted by molar-refractivity contribution is 5.96. The number of pyridine rings is 1. The zero-order valence-corrected chi connectivity index (χ0v) is 16.6. The number of hydrogen-bond donors (Lipinski definition) is 2. The first kappa shape index (κ1) is 19.4. The number of aromatic nitrogens is 1. The van der Waals surface area contributed by atoms with Crippen LogP contribution in [0.25, 0.3) is 10.9 Å². The summed E-state index contributed by atoms with van der Waals surface area (Å²) in [5, 5.41) is 7.52. The largest absolute Gasteiger partial charge is 0.379 e. The molecular formula is C23H26N4O2. The first-order valence-electron chi connectivity index (χ1n) is 10.0. The number of nitrogens with zero attached hydrogens (tertiary/aromatic N) is 2. The number of morpholine rings is 1. The Labute approximate surface area is 170 Å². The molecule has 3 aromatic rings. The Balaban J connectivity index is 1.43. The van der Waals surface area contributed by atoms with Gasteiger partial charge in [0, 0.05) is 54.2 Å². The number of para-hydroxylation sites is 1. The molecular weight excluding hydrogens is 364 g/mol. The molecule has 6 nitrogen and oxygen atoms in total. The average Bonchev–Trinajstić information content (AvgIpc) is 2.74. The van der Waals surface area contributed by atoms with E-state index in [4.69, 9.17) is 4.74 Å². The van der Waals surface area contributed by atoms with E-state index in [0.29, 0.717) is 12.1 Å². The zero-order valence-electron chi connectivity index (χ0n) is 16.6. The number of carbonyl (C=O) groups is 1. The number of carbonyl (C=O) groups excluding carboxylic acids is 1. The Morgan fingerprint density at radius 3 is 2.79 bits per heavy atom. The summed E-state index contributed by atoms with van der Waals surface area (Å²) in [6, 6.07) is 17.7. The molecule has 1 saturated heterocycles. The monoisotopic (exact) mass is 390 g/mol. The first-order chi connectivity index (χ1) is 14.2. The van der Waals surface area contributed by atoms with E-state index in [1.165, 1.54) is 0 Å². The molecule has 0 saturated carbocycles. The molecule has 150 valence electrons. The van der Waals surface area contributed by atoms with E-state index in [1.54, 1.807) is 0 Å². The molecule has 29 heavy (non-hydrogen) atoms. The number of anilines is 2. The predicted octanol–water partition coefficient (Wildman–Crippen LogP) is 3.35. The normalized spacial score (nSPS) is 14.7. The van der Waals surface area contributed by atoms with Crippen molar-refractivity contribution >= 4 is 28.2 Å². The predicted molar refractivity (Wildman–Crippen MR) is 116 cm³/mol. The number of rotatable bonds is 6. The van der Waals surface area contributed by atoms with Crippen LogP contribution in [0.2, 0.25) is 0 Å². The van der Waals surface area contributed by atoms with Crippen LogP contribution in [-0.4, -0.2) is 55.2 Å². The molecule has 2 aromatic carbocycles. The van der Waals surface area contributed by atoms with Crippen LogP contribution in [0.15, 0.2) is 54.6 Å². The van der Waals surface area contributed by atoms with E-state index in [9.17, 15) is 4.79 Å². The molecule has 0 atom stereocenters. The maximum Gasteiger partial charge on any atom is 0.251 e. The molecule has 1 fully saturated rings. The first-order valence-corrected chi connectivity index (χ1v) is 10.0. The second-order valence-corrected chi connectivity index (χ2v) is 7.24. The average molecular weight is 390 g/mol. The number of amides is 1. The minimum atomic E-state index is -0.0577. The summed E-state index contributed by atoms with van der Waals surface area (Å²) in [4.78, 5) is 19.4. The summed E-state index contributed by atoms with van der Waals surface area (Å²) >= 11 is 0. The SMILES string of the molecule is Cc1cc(Nc2cccc(C(=O)NCCN3CCOCC3)c2)c2ccccc2n1. The summed E-state index contributed by atoms with van der Waals surface area (Å²) in [5.41, 5.74) is 4.40. The molecule has 1 aliphatic heterocycles. The van der Waals surface area contributed by atoms with Gasteiger partial charge in [0.25, 0.3) is 5.91 Å². The van der Waals surface area contributed by atoms with Crippen molar-refractivity contribution in [3.63, 3.8) is 0 Å². The van der Waals surface area contributed by atoms with E-state index >= 15 is 0 Å². The summed E-state index contributed by atoms with van der Waals surface area (Å²) in [6.45, 7) is 6.84. The van der Waals surface area contributed by atoms with Gasteiger partial charge in [-0.05, 0) is 37.3 Å². The molecule has 2 heterocycles. The topological polar surface area (TPSA) is 66.5 Å². The lowest BCUT2D eigenvalue weighted by molar-refractivity contribution is 0.0383. The van der Waals surface area contributed by atoms with E-state index < -0.39 is 0 Å². The third-order valence-electron chi connectivity index (χ3n) is 5.07. The molecule has 0 spiro atoms. The van der Waals surface area contributed by atoms with Crippen molar-refractivity contribution in [1.82, 2.24) is 15.2 Å². The lowest BCUT2D eigenvalue weighted by Gasteiger charge is -2.26. The summed E-state index contributed by atoms with van der Waals surface area (Å²) < 4.78 is 5.35. The fraction of sp³-hybridized carbons (Fsp3) is 0.304. The maximum absolute atomic E-state index is 12.6. The Bertz CT molecular complexity index is 999. The second-order valence-electron chi connectivity index (χ2n) is 7.24. The van der Waals surface area contributed by atoms with Gasteiger partial charge in [0.2, 0.25) is 0 Å². The summed E-state index contributed by atoms with van der Waals surface area (Å²) in [7, 11) is 0. The molecule has 0 unspecified atom stereocenters. The number of nitrogens with one attached hydrogen (secondary N) is 2. The third kappa shape index (κ3) is 4.91. The van der Waals surface area contributed by atoms with Crippen LogP contribution in [0.3, 0.4) is 0 Å². The van der Waals surface area contributed by atoms with Crippen molar-refractivity contribution in [3.05, 3.63) is 65.9 Å². The molecule has 2 N–H and O–H groups in total. The quantitative estimate of drug-likeness (QED) is 0.676. The van der Waals surface area contributed by atoms with Crippen molar-refractivity contribution in [2.24, 2.45) is 0 Å². The van der Waals surface area contributed by atoms with E-state index in [2.05, 4.69) is 20.5 Å². The Kier molecular flexibility index (Phi) is 6.03. The highest BCUT2D eigenvalue weighted by atomic mass is 16.5. The van der Waals surface area contributed by atoms with Gasteiger partial charge in [0.05, 0.1) is 18.7 Å². The van der Waals surface area contributed by atoms with Crippen LogP contribution in [0.5, 0.6) is 0 Å². The van der Waals surface area contributed by atoms with Gasteiger partial charge >= 0.3 is 0 Å². The molecule has 0 bridgehead atoms. The van der Waals surface area contributed by atoms with Gasteiger partial charge in [-0.1, -0.05) is 24.3 Å². The minimum absolute atomic E-state index is 0.0577. The van der Waals surface area contributed by atoms with Crippen LogP contribution in [0.4, 0.5) is 11.4 Å². The molecule has 4 rings (SSSR count). The fourth-order valence-electron chi connectivity index (χ4n) is 3.56. The van der Waals surface area contributed by atoms with Crippen LogP contribution in [-0.2, 0) is 4.74 Å². The van der Waals surface area contributed by atoms with Crippen LogP contribution < -0.4 is 10.6 Å². The van der Waals surface area contributed by atoms with Gasteiger partial charge in [-0.2, -0.15) is 0 Å². The molecule has 1 aliphatic rings. The van der Waals surface area contributed by atoms with Gasteiger partial charge in [0.15, 0.2) is 0 Å². The third-order valence-corrected chi connectivity index (χ3v) is 5.07. The van der Waals surface area contributed by atoms with Gasteiger partial charge in [-0.15, -0.1) is 0 Å². The Morgan fingerprint density at radius 2 is 1.93 bits per heavy atom. The molecule has 6 heteroatoms. The summed E-state index contributed by atoms with van der Waals surface area (Å²) in [5.74, 6) is -0.0577. The molecule has 0 radical (unpaired) electrons. The van der Waals surface area contributed by atoms with Crippen molar-refractivity contribution < 1.29 is 9.53 Å². The molecule has 0 aliphatic carbocycles. The van der Waals surface area contributed by atoms with Crippen LogP contribution >= 0.6 is 0 Å². The van der Waals surface area contributed by atoms with Gasteiger partial charge in [-0.3, -0.25) is 14.7 Å². The summed E-state index contributed by atoms with van der Waals surface area (Å²) in [6.07, 6.45) is 0. The lowest BCUT2D eigenvalue weighted by Crippen LogP contribution is -2.41. The van der Waals surface area contributed by atoms with Crippen molar-refractivity contribution in [3.8, 4) is 0 Å². The highest BCUT2D eigenvalue weighted by Crippen LogP contribution is 2.26. The van der Waals surface area contributed by atoms with Crippen molar-refractivity contribution in [2.45, 2.75) is 6.92 Å².